The predicted octanol–water partition coefficient (Wildman–Crippen LogP) is 3.28. The van der Waals surface area contributed by atoms with Crippen LogP contribution in [0.25, 0.3) is 16.6 Å². The Morgan fingerprint density at radius 3 is 2.74 bits per heavy atom. The van der Waals surface area contributed by atoms with Crippen molar-refractivity contribution in [1.82, 2.24) is 14.8 Å². The number of anilines is 2. The second kappa shape index (κ2) is 7.61. The van der Waals surface area contributed by atoms with Gasteiger partial charge in [-0.1, -0.05) is 18.5 Å². The van der Waals surface area contributed by atoms with Gasteiger partial charge >= 0.3 is 0 Å². The van der Waals surface area contributed by atoms with Crippen LogP contribution in [0.2, 0.25) is 5.15 Å². The number of sulfonamides is 1. The summed E-state index contributed by atoms with van der Waals surface area (Å²) in [4.78, 5) is 4.10. The topological polar surface area (TPSA) is 98.1 Å². The SMILES string of the molecule is CCCS(=O)(=O)Nc1ccc(-n2nc(NC)c3cnc(Cl)cc32)c(OC)c1. The molecule has 0 aliphatic rings. The molecule has 0 radical (unpaired) electrons. The summed E-state index contributed by atoms with van der Waals surface area (Å²) in [6.07, 6.45) is 2.18. The molecule has 0 spiro atoms. The Labute approximate surface area is 162 Å². The standard InChI is InChI=1S/C17H20ClN5O3S/c1-4-7-27(24,25)22-11-5-6-13(15(8-11)26-3)23-14-9-16(18)20-10-12(14)17(19-2)21-23/h5-6,8-10,22H,4,7H2,1-3H3,(H,19,21). The Balaban J connectivity index is 2.10. The number of nitrogens with zero attached hydrogens (tertiary/aromatic N) is 3. The second-order valence-corrected chi connectivity index (χ2v) is 8.07. The quantitative estimate of drug-likeness (QED) is 0.581. The van der Waals surface area contributed by atoms with Crippen molar-refractivity contribution in [3.8, 4) is 11.4 Å². The number of hydrogen-bond donors (Lipinski definition) is 2. The Morgan fingerprint density at radius 1 is 1.30 bits per heavy atom. The number of pyridine rings is 1. The molecule has 0 bridgehead atoms. The zero-order valence-electron chi connectivity index (χ0n) is 15.2. The largest absolute Gasteiger partial charge is 0.494 e. The van der Waals surface area contributed by atoms with E-state index in [2.05, 4.69) is 20.1 Å². The number of benzene rings is 1. The van der Waals surface area contributed by atoms with Gasteiger partial charge in [-0.25, -0.2) is 18.1 Å². The van der Waals surface area contributed by atoms with E-state index >= 15 is 0 Å². The van der Waals surface area contributed by atoms with E-state index in [0.29, 0.717) is 34.5 Å². The molecule has 3 aromatic rings. The first kappa shape index (κ1) is 19.2. The lowest BCUT2D eigenvalue weighted by atomic mass is 10.2. The number of methoxy groups -OCH3 is 1. The maximum absolute atomic E-state index is 12.0. The average Bonchev–Trinajstić information content (AvgIpc) is 2.98. The van der Waals surface area contributed by atoms with E-state index in [0.717, 1.165) is 10.9 Å². The van der Waals surface area contributed by atoms with Crippen LogP contribution in [0.1, 0.15) is 13.3 Å². The van der Waals surface area contributed by atoms with E-state index in [1.54, 1.807) is 42.2 Å². The number of aromatic nitrogens is 3. The van der Waals surface area contributed by atoms with Crippen LogP contribution in [0.5, 0.6) is 5.75 Å². The lowest BCUT2D eigenvalue weighted by Gasteiger charge is -2.13. The van der Waals surface area contributed by atoms with Crippen LogP contribution in [-0.2, 0) is 10.0 Å². The Morgan fingerprint density at radius 2 is 2.07 bits per heavy atom. The summed E-state index contributed by atoms with van der Waals surface area (Å²) in [5.41, 5.74) is 1.82. The van der Waals surface area contributed by atoms with Gasteiger partial charge in [0.1, 0.15) is 16.6 Å². The van der Waals surface area contributed by atoms with Crippen LogP contribution < -0.4 is 14.8 Å². The first-order valence-electron chi connectivity index (χ1n) is 8.29. The molecule has 2 aromatic heterocycles. The molecule has 27 heavy (non-hydrogen) atoms. The molecule has 3 rings (SSSR count). The third kappa shape index (κ3) is 3.93. The van der Waals surface area contributed by atoms with Gasteiger partial charge in [0.05, 0.1) is 29.5 Å². The summed E-state index contributed by atoms with van der Waals surface area (Å²) in [5.74, 6) is 1.16. The normalized spacial score (nSPS) is 11.6. The lowest BCUT2D eigenvalue weighted by Crippen LogP contribution is -2.16. The van der Waals surface area contributed by atoms with Crippen molar-refractivity contribution in [2.24, 2.45) is 0 Å². The summed E-state index contributed by atoms with van der Waals surface area (Å²) in [6, 6.07) is 6.74. The van der Waals surface area contributed by atoms with E-state index in [1.165, 1.54) is 7.11 Å². The molecule has 2 heterocycles. The molecule has 0 aliphatic heterocycles. The number of nitrogens with one attached hydrogen (secondary N) is 2. The van der Waals surface area contributed by atoms with Crippen LogP contribution in [0.3, 0.4) is 0 Å². The molecular formula is C17H20ClN5O3S. The molecule has 0 amide bonds. The minimum atomic E-state index is -3.39. The van der Waals surface area contributed by atoms with Crippen LogP contribution in [-0.4, -0.2) is 43.1 Å². The van der Waals surface area contributed by atoms with Crippen molar-refractivity contribution in [2.75, 3.05) is 29.9 Å². The molecule has 0 aliphatic carbocycles. The Bertz CT molecular complexity index is 1080. The summed E-state index contributed by atoms with van der Waals surface area (Å²) >= 11 is 6.05. The zero-order valence-corrected chi connectivity index (χ0v) is 16.7. The molecule has 1 aromatic carbocycles. The summed E-state index contributed by atoms with van der Waals surface area (Å²) in [7, 11) is -0.107. The molecule has 0 saturated heterocycles. The lowest BCUT2D eigenvalue weighted by molar-refractivity contribution is 0.412. The fraction of sp³-hybridized carbons (Fsp3) is 0.294. The van der Waals surface area contributed by atoms with Gasteiger partial charge < -0.3 is 10.1 Å². The molecule has 144 valence electrons. The number of rotatable bonds is 7. The molecule has 8 nitrogen and oxygen atoms in total. The molecule has 10 heteroatoms. The highest BCUT2D eigenvalue weighted by Gasteiger charge is 2.17. The smallest absolute Gasteiger partial charge is 0.232 e. The highest BCUT2D eigenvalue weighted by Crippen LogP contribution is 2.32. The van der Waals surface area contributed by atoms with E-state index in [9.17, 15) is 8.42 Å². The monoisotopic (exact) mass is 409 g/mol. The van der Waals surface area contributed by atoms with E-state index in [4.69, 9.17) is 16.3 Å². The second-order valence-electron chi connectivity index (χ2n) is 5.84. The number of ether oxygens (including phenoxy) is 1. The summed E-state index contributed by atoms with van der Waals surface area (Å²) < 4.78 is 33.7. The molecule has 0 saturated carbocycles. The minimum absolute atomic E-state index is 0.0535. The van der Waals surface area contributed by atoms with Crippen molar-refractivity contribution < 1.29 is 13.2 Å². The van der Waals surface area contributed by atoms with Crippen LogP contribution in [0, 0.1) is 0 Å². The molecule has 0 unspecified atom stereocenters. The first-order chi connectivity index (χ1) is 12.9. The highest BCUT2D eigenvalue weighted by molar-refractivity contribution is 7.92. The molecule has 2 N–H and O–H groups in total. The Kier molecular flexibility index (Phi) is 5.43. The molecule has 0 fully saturated rings. The summed E-state index contributed by atoms with van der Waals surface area (Å²) in [5, 5.41) is 8.72. The van der Waals surface area contributed by atoms with E-state index in [-0.39, 0.29) is 5.75 Å². The first-order valence-corrected chi connectivity index (χ1v) is 10.3. The van der Waals surface area contributed by atoms with Gasteiger partial charge in [0, 0.05) is 25.4 Å². The predicted molar refractivity (Wildman–Crippen MR) is 108 cm³/mol. The van der Waals surface area contributed by atoms with Crippen molar-refractivity contribution in [3.63, 3.8) is 0 Å². The fourth-order valence-electron chi connectivity index (χ4n) is 2.77. The molecular weight excluding hydrogens is 390 g/mol. The maximum Gasteiger partial charge on any atom is 0.232 e. The summed E-state index contributed by atoms with van der Waals surface area (Å²) in [6.45, 7) is 1.81. The van der Waals surface area contributed by atoms with Gasteiger partial charge in [-0.15, -0.1) is 5.10 Å². The number of fused-ring (bicyclic) bond motifs is 1. The van der Waals surface area contributed by atoms with E-state index in [1.807, 2.05) is 6.92 Å². The van der Waals surface area contributed by atoms with Gasteiger partial charge in [0.25, 0.3) is 0 Å². The van der Waals surface area contributed by atoms with Crippen LogP contribution in [0.4, 0.5) is 11.5 Å². The third-order valence-corrected chi connectivity index (χ3v) is 5.62. The zero-order chi connectivity index (χ0) is 19.6. The van der Waals surface area contributed by atoms with Crippen molar-refractivity contribution in [2.45, 2.75) is 13.3 Å². The minimum Gasteiger partial charge on any atom is -0.494 e. The number of hydrogen-bond acceptors (Lipinski definition) is 6. The third-order valence-electron chi connectivity index (χ3n) is 3.92. The van der Waals surface area contributed by atoms with Crippen molar-refractivity contribution in [1.29, 1.82) is 0 Å². The highest BCUT2D eigenvalue weighted by atomic mass is 35.5. The van der Waals surface area contributed by atoms with Crippen LogP contribution in [0.15, 0.2) is 30.5 Å². The average molecular weight is 410 g/mol. The Hall–Kier alpha value is -2.52. The van der Waals surface area contributed by atoms with E-state index < -0.39 is 10.0 Å². The van der Waals surface area contributed by atoms with Gasteiger partial charge in [-0.2, -0.15) is 0 Å². The van der Waals surface area contributed by atoms with Crippen molar-refractivity contribution in [3.05, 3.63) is 35.6 Å². The van der Waals surface area contributed by atoms with Gasteiger partial charge in [-0.05, 0) is 18.6 Å². The molecule has 0 atom stereocenters. The van der Waals surface area contributed by atoms with Gasteiger partial charge in [-0.3, -0.25) is 4.72 Å². The fourth-order valence-corrected chi connectivity index (χ4v) is 4.05. The van der Waals surface area contributed by atoms with Crippen LogP contribution >= 0.6 is 11.6 Å². The number of halogens is 1. The van der Waals surface area contributed by atoms with Gasteiger partial charge in [0.2, 0.25) is 10.0 Å². The maximum atomic E-state index is 12.0. The van der Waals surface area contributed by atoms with Crippen molar-refractivity contribution >= 4 is 44.0 Å². The van der Waals surface area contributed by atoms with Gasteiger partial charge in [0.15, 0.2) is 5.82 Å².